The predicted octanol–water partition coefficient (Wildman–Crippen LogP) is 13.2. The Bertz CT molecular complexity index is 1280. The molecule has 2 atom stereocenters. The van der Waals surface area contributed by atoms with Crippen molar-refractivity contribution in [2.75, 3.05) is 11.5 Å². The maximum Gasteiger partial charge on any atom is 0.0314 e. The molecule has 2 heteroatoms. The van der Waals surface area contributed by atoms with Crippen LogP contribution < -0.4 is 11.5 Å². The highest BCUT2D eigenvalue weighted by Crippen LogP contribution is 2.30. The third kappa shape index (κ3) is 12.8. The Kier molecular flexibility index (Phi) is 16.7. The van der Waals surface area contributed by atoms with Gasteiger partial charge in [0.2, 0.25) is 0 Å². The fourth-order valence-electron chi connectivity index (χ4n) is 7.40. The lowest BCUT2D eigenvalue weighted by Crippen LogP contribution is -2.00. The highest BCUT2D eigenvalue weighted by atomic mass is 14.5. The minimum atomic E-state index is 0.451. The predicted molar refractivity (Wildman–Crippen MR) is 211 cm³/mol. The van der Waals surface area contributed by atoms with Crippen molar-refractivity contribution in [1.82, 2.24) is 0 Å². The van der Waals surface area contributed by atoms with Gasteiger partial charge in [-0.25, -0.2) is 0 Å². The monoisotopic (exact) mass is 645 g/mol. The first-order valence-corrected chi connectivity index (χ1v) is 19.5. The summed E-state index contributed by atoms with van der Waals surface area (Å²) in [6.45, 7) is 4.54. The van der Waals surface area contributed by atoms with Crippen LogP contribution in [0.2, 0.25) is 0 Å². The highest BCUT2D eigenvalue weighted by molar-refractivity contribution is 5.44. The summed E-state index contributed by atoms with van der Waals surface area (Å²) in [5, 5.41) is 0. The molecule has 4 N–H and O–H groups in total. The largest absolute Gasteiger partial charge is 0.399 e. The Balaban J connectivity index is 0.943. The quantitative estimate of drug-likeness (QED) is 0.0623. The topological polar surface area (TPSA) is 52.0 Å². The summed E-state index contributed by atoms with van der Waals surface area (Å²) in [5.41, 5.74) is 21.9. The van der Waals surface area contributed by atoms with Crippen LogP contribution in [0.15, 0.2) is 97.1 Å². The first-order chi connectivity index (χ1) is 23.6. The summed E-state index contributed by atoms with van der Waals surface area (Å²) >= 11 is 0. The van der Waals surface area contributed by atoms with Crippen LogP contribution in [0, 0.1) is 0 Å². The summed E-state index contributed by atoms with van der Waals surface area (Å²) < 4.78 is 0. The van der Waals surface area contributed by atoms with Crippen LogP contribution in [0.5, 0.6) is 0 Å². The fourth-order valence-corrected chi connectivity index (χ4v) is 7.40. The van der Waals surface area contributed by atoms with Crippen LogP contribution in [0.1, 0.15) is 162 Å². The van der Waals surface area contributed by atoms with Gasteiger partial charge >= 0.3 is 0 Å². The highest BCUT2D eigenvalue weighted by Gasteiger charge is 2.13. The van der Waals surface area contributed by atoms with Crippen molar-refractivity contribution in [1.29, 1.82) is 0 Å². The molecule has 4 aromatic rings. The molecule has 258 valence electrons. The van der Waals surface area contributed by atoms with E-state index in [9.17, 15) is 0 Å². The number of hydrogen-bond acceptors (Lipinski definition) is 2. The molecular formula is C46H64N2. The molecule has 48 heavy (non-hydrogen) atoms. The van der Waals surface area contributed by atoms with E-state index in [4.69, 9.17) is 11.5 Å². The van der Waals surface area contributed by atoms with Crippen LogP contribution >= 0.6 is 0 Å². The molecule has 0 aliphatic rings. The minimum absolute atomic E-state index is 0.451. The first kappa shape index (κ1) is 37.3. The number of unbranched alkanes of at least 4 members (excludes halogenated alkanes) is 13. The van der Waals surface area contributed by atoms with Gasteiger partial charge < -0.3 is 11.5 Å². The summed E-state index contributed by atoms with van der Waals surface area (Å²) in [5.74, 6) is 0.901. The van der Waals surface area contributed by atoms with E-state index in [1.807, 2.05) is 24.3 Å². The number of nitrogens with two attached hydrogens (primary N) is 2. The second-order valence-corrected chi connectivity index (χ2v) is 14.2. The van der Waals surface area contributed by atoms with Crippen molar-refractivity contribution in [3.63, 3.8) is 0 Å². The lowest BCUT2D eigenvalue weighted by molar-refractivity contribution is 0.533. The van der Waals surface area contributed by atoms with Crippen LogP contribution in [-0.2, 0) is 12.8 Å². The standard InChI is InChI=1S/C46H64N2/c1-3-45(41-29-33-43(47)34-30-41)39-25-21-37(22-26-39)19-17-15-13-11-9-7-5-6-8-10-12-14-16-18-20-38-23-27-40(28-24-38)46(4-2)42-31-35-44(48)36-32-42/h21-36,45-46H,3-20,47-48H2,1-2H3. The number of benzene rings is 4. The van der Waals surface area contributed by atoms with Crippen LogP contribution in [0.25, 0.3) is 0 Å². The fraction of sp³-hybridized carbons (Fsp3) is 0.478. The molecule has 0 amide bonds. The summed E-state index contributed by atoms with van der Waals surface area (Å²) in [6, 6.07) is 35.5. The third-order valence-electron chi connectivity index (χ3n) is 10.4. The van der Waals surface area contributed by atoms with Crippen LogP contribution in [0.4, 0.5) is 11.4 Å². The smallest absolute Gasteiger partial charge is 0.0314 e. The van der Waals surface area contributed by atoms with Crippen LogP contribution in [-0.4, -0.2) is 0 Å². The van der Waals surface area contributed by atoms with Gasteiger partial charge in [0.05, 0.1) is 0 Å². The zero-order valence-corrected chi connectivity index (χ0v) is 30.3. The Morgan fingerprint density at radius 3 is 0.812 bits per heavy atom. The van der Waals surface area contributed by atoms with E-state index >= 15 is 0 Å². The van der Waals surface area contributed by atoms with Crippen molar-refractivity contribution in [2.24, 2.45) is 0 Å². The van der Waals surface area contributed by atoms with E-state index in [0.717, 1.165) is 24.2 Å². The van der Waals surface area contributed by atoms with E-state index in [1.165, 1.54) is 136 Å². The van der Waals surface area contributed by atoms with Gasteiger partial charge in [0.15, 0.2) is 0 Å². The Morgan fingerprint density at radius 2 is 0.562 bits per heavy atom. The Labute approximate surface area is 293 Å². The van der Waals surface area contributed by atoms with E-state index < -0.39 is 0 Å². The second-order valence-electron chi connectivity index (χ2n) is 14.2. The molecular weight excluding hydrogens is 581 g/mol. The van der Waals surface area contributed by atoms with Crippen LogP contribution in [0.3, 0.4) is 0 Å². The summed E-state index contributed by atoms with van der Waals surface area (Å²) in [7, 11) is 0. The molecule has 0 radical (unpaired) electrons. The van der Waals surface area contributed by atoms with E-state index in [1.54, 1.807) is 0 Å². The van der Waals surface area contributed by atoms with E-state index in [0.29, 0.717) is 11.8 Å². The number of anilines is 2. The van der Waals surface area contributed by atoms with Gasteiger partial charge in [0, 0.05) is 23.2 Å². The SMILES string of the molecule is CCC(c1ccc(N)cc1)c1ccc(CCCCCCCCCCCCCCCCc2ccc(C(CC)c3ccc(N)cc3)cc2)cc1. The number of hydrogen-bond donors (Lipinski definition) is 2. The lowest BCUT2D eigenvalue weighted by atomic mass is 9.88. The average molecular weight is 645 g/mol. The minimum Gasteiger partial charge on any atom is -0.399 e. The molecule has 0 aromatic heterocycles. The van der Waals surface area contributed by atoms with Gasteiger partial charge in [0.25, 0.3) is 0 Å². The van der Waals surface area contributed by atoms with Gasteiger partial charge in [-0.2, -0.15) is 0 Å². The summed E-state index contributed by atoms with van der Waals surface area (Å²) in [4.78, 5) is 0. The zero-order valence-electron chi connectivity index (χ0n) is 30.3. The maximum atomic E-state index is 5.89. The molecule has 0 saturated heterocycles. The van der Waals surface area contributed by atoms with Gasteiger partial charge in [-0.05, 0) is 96.2 Å². The number of nitrogen functional groups attached to an aromatic ring is 2. The molecule has 0 fully saturated rings. The lowest BCUT2D eigenvalue weighted by Gasteiger charge is -2.17. The average Bonchev–Trinajstić information content (AvgIpc) is 3.11. The molecule has 0 aliphatic carbocycles. The van der Waals surface area contributed by atoms with E-state index in [-0.39, 0.29) is 0 Å². The van der Waals surface area contributed by atoms with Crippen molar-refractivity contribution in [3.05, 3.63) is 130 Å². The normalized spacial score (nSPS) is 12.6. The molecule has 2 unspecified atom stereocenters. The molecule has 4 rings (SSSR count). The Hall–Kier alpha value is -3.52. The molecule has 0 heterocycles. The molecule has 0 saturated carbocycles. The molecule has 2 nitrogen and oxygen atoms in total. The Morgan fingerprint density at radius 1 is 0.333 bits per heavy atom. The number of rotatable bonds is 23. The molecule has 4 aromatic carbocycles. The van der Waals surface area contributed by atoms with Crippen molar-refractivity contribution < 1.29 is 0 Å². The summed E-state index contributed by atoms with van der Waals surface area (Å²) in [6.07, 6.45) is 24.1. The molecule has 0 aliphatic heterocycles. The van der Waals surface area contributed by atoms with Gasteiger partial charge in [-0.15, -0.1) is 0 Å². The zero-order chi connectivity index (χ0) is 33.8. The van der Waals surface area contributed by atoms with Crippen molar-refractivity contribution in [3.8, 4) is 0 Å². The van der Waals surface area contributed by atoms with Crippen molar-refractivity contribution >= 4 is 11.4 Å². The molecule has 0 spiro atoms. The van der Waals surface area contributed by atoms with Gasteiger partial charge in [-0.1, -0.05) is 164 Å². The van der Waals surface area contributed by atoms with Gasteiger partial charge in [0.1, 0.15) is 0 Å². The molecule has 0 bridgehead atoms. The third-order valence-corrected chi connectivity index (χ3v) is 10.4. The van der Waals surface area contributed by atoms with Crippen molar-refractivity contribution in [2.45, 2.75) is 141 Å². The maximum absolute atomic E-state index is 5.89. The number of aryl methyl sites for hydroxylation is 2. The first-order valence-electron chi connectivity index (χ1n) is 19.5. The second kappa shape index (κ2) is 21.5. The van der Waals surface area contributed by atoms with E-state index in [2.05, 4.69) is 86.6 Å². The van der Waals surface area contributed by atoms with Gasteiger partial charge in [-0.3, -0.25) is 0 Å².